The summed E-state index contributed by atoms with van der Waals surface area (Å²) in [5.41, 5.74) is 0.368. The van der Waals surface area contributed by atoms with Gasteiger partial charge in [0.05, 0.1) is 0 Å². The van der Waals surface area contributed by atoms with E-state index in [1.54, 1.807) is 0 Å². The van der Waals surface area contributed by atoms with Gasteiger partial charge in [0.2, 0.25) is 0 Å². The number of likely N-dealkylation sites (N-methyl/N-ethyl adjacent to an activating group) is 1. The Hall–Kier alpha value is -0.120. The summed E-state index contributed by atoms with van der Waals surface area (Å²) in [7, 11) is 2.21. The molecule has 0 amide bonds. The first-order valence-corrected chi connectivity index (χ1v) is 6.74. The number of rotatable bonds is 5. The molecular weight excluding hydrogens is 198 g/mol. The van der Waals surface area contributed by atoms with Gasteiger partial charge in [-0.25, -0.2) is 0 Å². The standard InChI is InChI=1S/C13H27N3/c1-13(2,12-4-5-12)14-6-7-16-10-8-15(3)9-11-16/h12,14H,4-11H2,1-3H3. The molecule has 0 aromatic heterocycles. The summed E-state index contributed by atoms with van der Waals surface area (Å²) >= 11 is 0. The number of nitrogens with zero attached hydrogens (tertiary/aromatic N) is 2. The minimum Gasteiger partial charge on any atom is -0.310 e. The third-order valence-electron chi connectivity index (χ3n) is 4.20. The Morgan fingerprint density at radius 1 is 1.12 bits per heavy atom. The van der Waals surface area contributed by atoms with Crippen molar-refractivity contribution in [1.82, 2.24) is 15.1 Å². The molecule has 1 aliphatic heterocycles. The molecule has 2 aliphatic rings. The molecule has 3 nitrogen and oxygen atoms in total. The molecule has 3 heteroatoms. The highest BCUT2D eigenvalue weighted by Gasteiger charge is 2.37. The molecule has 1 N–H and O–H groups in total. The molecular formula is C13H27N3. The number of hydrogen-bond acceptors (Lipinski definition) is 3. The van der Waals surface area contributed by atoms with Crippen molar-refractivity contribution in [2.24, 2.45) is 5.92 Å². The minimum absolute atomic E-state index is 0.368. The highest BCUT2D eigenvalue weighted by atomic mass is 15.2. The normalized spacial score (nSPS) is 24.9. The minimum atomic E-state index is 0.368. The second-order valence-corrected chi connectivity index (χ2v) is 6.07. The van der Waals surface area contributed by atoms with Gasteiger partial charge in [0.25, 0.3) is 0 Å². The second kappa shape index (κ2) is 5.03. The molecule has 0 aromatic rings. The summed E-state index contributed by atoms with van der Waals surface area (Å²) < 4.78 is 0. The number of piperazine rings is 1. The molecule has 2 rings (SSSR count). The van der Waals surface area contributed by atoms with Crippen LogP contribution in [0.2, 0.25) is 0 Å². The molecule has 1 aliphatic carbocycles. The fourth-order valence-electron chi connectivity index (χ4n) is 2.56. The first-order valence-electron chi connectivity index (χ1n) is 6.74. The molecule has 94 valence electrons. The van der Waals surface area contributed by atoms with E-state index in [-0.39, 0.29) is 0 Å². The lowest BCUT2D eigenvalue weighted by Crippen LogP contribution is -2.49. The maximum Gasteiger partial charge on any atom is 0.0153 e. The first-order chi connectivity index (χ1) is 7.58. The van der Waals surface area contributed by atoms with Crippen LogP contribution in [0, 0.1) is 5.92 Å². The van der Waals surface area contributed by atoms with Gasteiger partial charge in [0.1, 0.15) is 0 Å². The van der Waals surface area contributed by atoms with Crippen LogP contribution in [0.1, 0.15) is 26.7 Å². The predicted octanol–water partition coefficient (Wildman–Crippen LogP) is 1.01. The van der Waals surface area contributed by atoms with Gasteiger partial charge >= 0.3 is 0 Å². The zero-order valence-electron chi connectivity index (χ0n) is 11.1. The third-order valence-corrected chi connectivity index (χ3v) is 4.20. The van der Waals surface area contributed by atoms with Crippen molar-refractivity contribution in [3.63, 3.8) is 0 Å². The Labute approximate surface area is 100 Å². The lowest BCUT2D eigenvalue weighted by molar-refractivity contribution is 0.150. The molecule has 16 heavy (non-hydrogen) atoms. The molecule has 0 unspecified atom stereocenters. The lowest BCUT2D eigenvalue weighted by Gasteiger charge is -2.34. The smallest absolute Gasteiger partial charge is 0.0153 e. The first kappa shape index (κ1) is 12.3. The fourth-order valence-corrected chi connectivity index (χ4v) is 2.56. The van der Waals surface area contributed by atoms with Crippen molar-refractivity contribution >= 4 is 0 Å². The molecule has 1 saturated carbocycles. The molecule has 0 atom stereocenters. The Morgan fingerprint density at radius 3 is 2.31 bits per heavy atom. The van der Waals surface area contributed by atoms with E-state index >= 15 is 0 Å². The lowest BCUT2D eigenvalue weighted by atomic mass is 9.99. The van der Waals surface area contributed by atoms with Crippen molar-refractivity contribution in [3.8, 4) is 0 Å². The largest absolute Gasteiger partial charge is 0.310 e. The summed E-state index contributed by atoms with van der Waals surface area (Å²) in [6, 6.07) is 0. The van der Waals surface area contributed by atoms with E-state index in [1.165, 1.54) is 45.6 Å². The molecule has 2 fully saturated rings. The van der Waals surface area contributed by atoms with E-state index in [1.807, 2.05) is 0 Å². The zero-order chi connectivity index (χ0) is 11.6. The summed E-state index contributed by atoms with van der Waals surface area (Å²) in [6.45, 7) is 12.0. The van der Waals surface area contributed by atoms with Crippen LogP contribution in [0.25, 0.3) is 0 Å². The molecule has 0 radical (unpaired) electrons. The van der Waals surface area contributed by atoms with Crippen LogP contribution < -0.4 is 5.32 Å². The Bertz CT molecular complexity index is 215. The molecule has 0 bridgehead atoms. The average Bonchev–Trinajstić information content (AvgIpc) is 3.04. The third kappa shape index (κ3) is 3.44. The van der Waals surface area contributed by atoms with Gasteiger partial charge in [-0.05, 0) is 39.7 Å². The van der Waals surface area contributed by atoms with Crippen molar-refractivity contribution in [1.29, 1.82) is 0 Å². The maximum atomic E-state index is 3.72. The predicted molar refractivity (Wildman–Crippen MR) is 68.7 cm³/mol. The van der Waals surface area contributed by atoms with E-state index in [4.69, 9.17) is 0 Å². The second-order valence-electron chi connectivity index (χ2n) is 6.07. The van der Waals surface area contributed by atoms with Crippen LogP contribution in [-0.4, -0.2) is 61.7 Å². The quantitative estimate of drug-likeness (QED) is 0.753. The van der Waals surface area contributed by atoms with E-state index in [0.29, 0.717) is 5.54 Å². The Kier molecular flexibility index (Phi) is 3.88. The van der Waals surface area contributed by atoms with Gasteiger partial charge in [0.15, 0.2) is 0 Å². The number of hydrogen-bond donors (Lipinski definition) is 1. The molecule has 0 spiro atoms. The van der Waals surface area contributed by atoms with Gasteiger partial charge in [-0.1, -0.05) is 0 Å². The van der Waals surface area contributed by atoms with Gasteiger partial charge in [0, 0.05) is 44.8 Å². The van der Waals surface area contributed by atoms with Gasteiger partial charge < -0.3 is 10.2 Å². The van der Waals surface area contributed by atoms with Crippen LogP contribution in [0.15, 0.2) is 0 Å². The van der Waals surface area contributed by atoms with Crippen LogP contribution in [0.3, 0.4) is 0 Å². The summed E-state index contributed by atoms with van der Waals surface area (Å²) in [5.74, 6) is 0.931. The number of nitrogens with one attached hydrogen (secondary N) is 1. The zero-order valence-corrected chi connectivity index (χ0v) is 11.1. The van der Waals surface area contributed by atoms with Gasteiger partial charge in [-0.2, -0.15) is 0 Å². The maximum absolute atomic E-state index is 3.72. The summed E-state index contributed by atoms with van der Waals surface area (Å²) in [6.07, 6.45) is 2.85. The van der Waals surface area contributed by atoms with Crippen molar-refractivity contribution in [2.75, 3.05) is 46.3 Å². The van der Waals surface area contributed by atoms with E-state index in [9.17, 15) is 0 Å². The summed E-state index contributed by atoms with van der Waals surface area (Å²) in [4.78, 5) is 4.99. The van der Waals surface area contributed by atoms with Crippen molar-refractivity contribution in [2.45, 2.75) is 32.2 Å². The monoisotopic (exact) mass is 225 g/mol. The topological polar surface area (TPSA) is 18.5 Å². The van der Waals surface area contributed by atoms with Gasteiger partial charge in [-0.15, -0.1) is 0 Å². The Morgan fingerprint density at radius 2 is 1.75 bits per heavy atom. The SMILES string of the molecule is CN1CCN(CCNC(C)(C)C2CC2)CC1. The molecule has 0 aromatic carbocycles. The van der Waals surface area contributed by atoms with Crippen molar-refractivity contribution < 1.29 is 0 Å². The van der Waals surface area contributed by atoms with Crippen LogP contribution in [0.5, 0.6) is 0 Å². The van der Waals surface area contributed by atoms with Crippen LogP contribution in [-0.2, 0) is 0 Å². The van der Waals surface area contributed by atoms with E-state index in [0.717, 1.165) is 12.5 Å². The van der Waals surface area contributed by atoms with E-state index < -0.39 is 0 Å². The molecule has 1 saturated heterocycles. The van der Waals surface area contributed by atoms with Crippen LogP contribution in [0.4, 0.5) is 0 Å². The van der Waals surface area contributed by atoms with Gasteiger partial charge in [-0.3, -0.25) is 4.90 Å². The average molecular weight is 225 g/mol. The Balaban J connectivity index is 1.60. The highest BCUT2D eigenvalue weighted by molar-refractivity contribution is 4.94. The fraction of sp³-hybridized carbons (Fsp3) is 1.00. The molecule has 1 heterocycles. The van der Waals surface area contributed by atoms with Crippen molar-refractivity contribution in [3.05, 3.63) is 0 Å². The summed E-state index contributed by atoms with van der Waals surface area (Å²) in [5, 5.41) is 3.72. The highest BCUT2D eigenvalue weighted by Crippen LogP contribution is 2.38. The van der Waals surface area contributed by atoms with E-state index in [2.05, 4.69) is 36.0 Å². The van der Waals surface area contributed by atoms with Crippen LogP contribution >= 0.6 is 0 Å².